The van der Waals surface area contributed by atoms with Gasteiger partial charge in [-0.1, -0.05) is 35.3 Å². The predicted octanol–water partition coefficient (Wildman–Crippen LogP) is 4.95. The summed E-state index contributed by atoms with van der Waals surface area (Å²) < 4.78 is 47.8. The number of halogens is 5. The van der Waals surface area contributed by atoms with E-state index in [4.69, 9.17) is 27.9 Å². The lowest BCUT2D eigenvalue weighted by molar-refractivity contribution is -0.146. The number of carboxylic acids is 1. The maximum absolute atomic E-state index is 13.8. The molecule has 3 aromatic rings. The fourth-order valence-corrected chi connectivity index (χ4v) is 3.97. The summed E-state index contributed by atoms with van der Waals surface area (Å²) >= 11 is 12.2. The molecule has 6 nitrogen and oxygen atoms in total. The number of hydrogen-bond donors (Lipinski definition) is 1. The minimum atomic E-state index is -4.81. The molecule has 0 aliphatic carbocycles. The number of imidazole rings is 1. The molecule has 0 radical (unpaired) electrons. The van der Waals surface area contributed by atoms with Gasteiger partial charge in [0.05, 0.1) is 40.9 Å². The van der Waals surface area contributed by atoms with Crippen molar-refractivity contribution < 1.29 is 27.8 Å². The van der Waals surface area contributed by atoms with E-state index in [1.807, 2.05) is 4.90 Å². The minimum absolute atomic E-state index is 0.0461. The average Bonchev–Trinajstić information content (AvgIpc) is 3.10. The molecule has 2 heterocycles. The van der Waals surface area contributed by atoms with E-state index in [0.717, 1.165) is 4.57 Å². The number of aromatic nitrogens is 2. The second kappa shape index (κ2) is 8.22. The standard InChI is InChI=1S/C20H16Cl2F3N3O3/c21-14-3-1-2-11(16(14)22)10-28-15-9-12(27-4-6-31-7-5-27)8-13(18(29)30)17(15)26-19(28)20(23,24)25/h1-3,8-9H,4-7,10H2,(H,29,30). The van der Waals surface area contributed by atoms with Gasteiger partial charge in [-0.05, 0) is 23.8 Å². The molecule has 0 bridgehead atoms. The molecule has 1 aromatic heterocycles. The van der Waals surface area contributed by atoms with E-state index in [0.29, 0.717) is 37.6 Å². The molecule has 1 saturated heterocycles. The van der Waals surface area contributed by atoms with Gasteiger partial charge in [-0.2, -0.15) is 13.2 Å². The van der Waals surface area contributed by atoms with Crippen LogP contribution in [-0.2, 0) is 17.5 Å². The smallest absolute Gasteiger partial charge is 0.449 e. The molecule has 164 valence electrons. The average molecular weight is 474 g/mol. The number of fused-ring (bicyclic) bond motifs is 1. The van der Waals surface area contributed by atoms with Crippen LogP contribution in [0.3, 0.4) is 0 Å². The molecule has 1 N–H and O–H groups in total. The molecule has 1 fully saturated rings. The third-order valence-corrected chi connectivity index (χ3v) is 5.92. The number of hydrogen-bond acceptors (Lipinski definition) is 4. The minimum Gasteiger partial charge on any atom is -0.478 e. The lowest BCUT2D eigenvalue weighted by Gasteiger charge is -2.29. The number of rotatable bonds is 4. The van der Waals surface area contributed by atoms with Crippen LogP contribution in [0.4, 0.5) is 18.9 Å². The third kappa shape index (κ3) is 4.17. The lowest BCUT2D eigenvalue weighted by atomic mass is 10.1. The van der Waals surface area contributed by atoms with Gasteiger partial charge in [0.15, 0.2) is 0 Å². The maximum Gasteiger partial charge on any atom is 0.449 e. The van der Waals surface area contributed by atoms with E-state index in [-0.39, 0.29) is 33.2 Å². The summed E-state index contributed by atoms with van der Waals surface area (Å²) in [5, 5.41) is 10.00. The molecule has 1 aliphatic heterocycles. The van der Waals surface area contributed by atoms with Crippen molar-refractivity contribution in [1.82, 2.24) is 9.55 Å². The van der Waals surface area contributed by atoms with E-state index in [9.17, 15) is 23.1 Å². The van der Waals surface area contributed by atoms with Crippen molar-refractivity contribution in [2.24, 2.45) is 0 Å². The zero-order chi connectivity index (χ0) is 22.3. The monoisotopic (exact) mass is 473 g/mol. The van der Waals surface area contributed by atoms with Crippen molar-refractivity contribution >= 4 is 45.9 Å². The first-order valence-electron chi connectivity index (χ1n) is 9.27. The maximum atomic E-state index is 13.8. The highest BCUT2D eigenvalue weighted by Crippen LogP contribution is 2.36. The second-order valence-electron chi connectivity index (χ2n) is 7.00. The molecular formula is C20H16Cl2F3N3O3. The van der Waals surface area contributed by atoms with Gasteiger partial charge in [-0.15, -0.1) is 0 Å². The van der Waals surface area contributed by atoms with Crippen LogP contribution in [-0.4, -0.2) is 46.9 Å². The highest BCUT2D eigenvalue weighted by molar-refractivity contribution is 6.42. The zero-order valence-corrected chi connectivity index (χ0v) is 17.4. The van der Waals surface area contributed by atoms with Crippen LogP contribution in [0.25, 0.3) is 11.0 Å². The number of benzene rings is 2. The van der Waals surface area contributed by atoms with E-state index >= 15 is 0 Å². The van der Waals surface area contributed by atoms with Gasteiger partial charge >= 0.3 is 12.1 Å². The van der Waals surface area contributed by atoms with Crippen LogP contribution in [0.15, 0.2) is 30.3 Å². The number of carbonyl (C=O) groups is 1. The second-order valence-corrected chi connectivity index (χ2v) is 7.78. The van der Waals surface area contributed by atoms with Gasteiger partial charge in [0.2, 0.25) is 5.82 Å². The number of aromatic carboxylic acids is 1. The Morgan fingerprint density at radius 1 is 1.19 bits per heavy atom. The van der Waals surface area contributed by atoms with Crippen molar-refractivity contribution in [3.63, 3.8) is 0 Å². The molecular weight excluding hydrogens is 458 g/mol. The van der Waals surface area contributed by atoms with Crippen LogP contribution in [0.2, 0.25) is 10.0 Å². The summed E-state index contributed by atoms with van der Waals surface area (Å²) in [6.07, 6.45) is -4.81. The van der Waals surface area contributed by atoms with Gasteiger partial charge in [-0.25, -0.2) is 9.78 Å². The Morgan fingerprint density at radius 2 is 1.90 bits per heavy atom. The highest BCUT2D eigenvalue weighted by Gasteiger charge is 2.38. The SMILES string of the molecule is O=C(O)c1cc(N2CCOCC2)cc2c1nc(C(F)(F)F)n2Cc1cccc(Cl)c1Cl. The molecule has 0 atom stereocenters. The molecule has 0 amide bonds. The van der Waals surface area contributed by atoms with Gasteiger partial charge in [0.25, 0.3) is 0 Å². The summed E-state index contributed by atoms with van der Waals surface area (Å²) in [6, 6.07) is 7.54. The van der Waals surface area contributed by atoms with Crippen LogP contribution >= 0.6 is 23.2 Å². The number of morpholine rings is 1. The molecule has 0 unspecified atom stereocenters. The lowest BCUT2D eigenvalue weighted by Crippen LogP contribution is -2.36. The first-order chi connectivity index (χ1) is 14.7. The quantitative estimate of drug-likeness (QED) is 0.580. The summed E-state index contributed by atoms with van der Waals surface area (Å²) in [7, 11) is 0. The first kappa shape index (κ1) is 21.7. The zero-order valence-electron chi connectivity index (χ0n) is 15.9. The summed E-state index contributed by atoms with van der Waals surface area (Å²) in [4.78, 5) is 17.4. The van der Waals surface area contributed by atoms with E-state index in [1.54, 1.807) is 12.1 Å². The Labute approximate surface area is 184 Å². The molecule has 1 aliphatic rings. The van der Waals surface area contributed by atoms with Crippen LogP contribution in [0.1, 0.15) is 21.7 Å². The van der Waals surface area contributed by atoms with Gasteiger partial charge in [0, 0.05) is 18.8 Å². The topological polar surface area (TPSA) is 67.6 Å². The van der Waals surface area contributed by atoms with Crippen LogP contribution < -0.4 is 4.90 Å². The van der Waals surface area contributed by atoms with Crippen LogP contribution in [0.5, 0.6) is 0 Å². The number of nitrogens with zero attached hydrogens (tertiary/aromatic N) is 3. The predicted molar refractivity (Wildman–Crippen MR) is 110 cm³/mol. The van der Waals surface area contributed by atoms with Gasteiger partial charge in [0.1, 0.15) is 5.52 Å². The van der Waals surface area contributed by atoms with Crippen molar-refractivity contribution in [2.75, 3.05) is 31.2 Å². The summed E-state index contributed by atoms with van der Waals surface area (Å²) in [6.45, 7) is 1.57. The van der Waals surface area contributed by atoms with Crippen molar-refractivity contribution in [3.05, 3.63) is 57.3 Å². The number of ether oxygens (including phenoxy) is 1. The molecule has 0 spiro atoms. The Bertz CT molecular complexity index is 1160. The van der Waals surface area contributed by atoms with Crippen molar-refractivity contribution in [3.8, 4) is 0 Å². The number of anilines is 1. The first-order valence-corrected chi connectivity index (χ1v) is 10.0. The molecule has 31 heavy (non-hydrogen) atoms. The summed E-state index contributed by atoms with van der Waals surface area (Å²) in [5.74, 6) is -2.57. The van der Waals surface area contributed by atoms with Crippen molar-refractivity contribution in [1.29, 1.82) is 0 Å². The van der Waals surface area contributed by atoms with E-state index in [1.165, 1.54) is 18.2 Å². The van der Waals surface area contributed by atoms with E-state index < -0.39 is 18.0 Å². The normalized spacial score (nSPS) is 14.9. The fourth-order valence-electron chi connectivity index (χ4n) is 3.59. The Kier molecular flexibility index (Phi) is 5.76. The van der Waals surface area contributed by atoms with Crippen LogP contribution in [0, 0.1) is 0 Å². The molecule has 11 heteroatoms. The van der Waals surface area contributed by atoms with Gasteiger partial charge < -0.3 is 19.3 Å². The largest absolute Gasteiger partial charge is 0.478 e. The fraction of sp³-hybridized carbons (Fsp3) is 0.300. The number of carboxylic acid groups (broad SMARTS) is 1. The van der Waals surface area contributed by atoms with Crippen molar-refractivity contribution in [2.45, 2.75) is 12.7 Å². The Hall–Kier alpha value is -2.49. The molecule has 4 rings (SSSR count). The third-order valence-electron chi connectivity index (χ3n) is 5.06. The Morgan fingerprint density at radius 3 is 2.55 bits per heavy atom. The van der Waals surface area contributed by atoms with E-state index in [2.05, 4.69) is 4.98 Å². The number of alkyl halides is 3. The summed E-state index contributed by atoms with van der Waals surface area (Å²) in [5.41, 5.74) is 0.341. The molecule has 0 saturated carbocycles. The molecule has 2 aromatic carbocycles. The highest BCUT2D eigenvalue weighted by atomic mass is 35.5. The van der Waals surface area contributed by atoms with Gasteiger partial charge in [-0.3, -0.25) is 0 Å². The Balaban J connectivity index is 1.96.